The highest BCUT2D eigenvalue weighted by molar-refractivity contribution is 9.10. The van der Waals surface area contributed by atoms with Crippen LogP contribution in [0.15, 0.2) is 16.6 Å². The van der Waals surface area contributed by atoms with Crippen molar-refractivity contribution in [1.82, 2.24) is 10.2 Å². The minimum absolute atomic E-state index is 0.0605. The standard InChI is InChI=1S/C12H17BrN2O2/c13-10-7-9(8-11(16)12(10)17)1-4-15-5-2-14-3-6-15/h7-8,14,16-17H,1-6H2. The molecule has 2 rings (SSSR count). The average molecular weight is 301 g/mol. The Balaban J connectivity index is 1.94. The minimum Gasteiger partial charge on any atom is -0.504 e. The zero-order chi connectivity index (χ0) is 12.3. The quantitative estimate of drug-likeness (QED) is 0.737. The van der Waals surface area contributed by atoms with Crippen LogP contribution in [0.5, 0.6) is 11.5 Å². The average Bonchev–Trinajstić information content (AvgIpc) is 2.34. The van der Waals surface area contributed by atoms with E-state index in [1.165, 1.54) is 0 Å². The second kappa shape index (κ2) is 5.71. The Bertz CT molecular complexity index is 369. The first-order valence-electron chi connectivity index (χ1n) is 5.80. The minimum atomic E-state index is -0.0871. The number of halogens is 1. The lowest BCUT2D eigenvalue weighted by Gasteiger charge is -2.27. The third-order valence-electron chi connectivity index (χ3n) is 3.03. The van der Waals surface area contributed by atoms with Crippen LogP contribution in [-0.4, -0.2) is 47.8 Å². The van der Waals surface area contributed by atoms with Gasteiger partial charge in [-0.3, -0.25) is 0 Å². The summed E-state index contributed by atoms with van der Waals surface area (Å²) in [6.45, 7) is 5.23. The maximum Gasteiger partial charge on any atom is 0.171 e. The molecule has 0 saturated carbocycles. The molecular formula is C12H17BrN2O2. The Morgan fingerprint density at radius 3 is 2.59 bits per heavy atom. The van der Waals surface area contributed by atoms with Crippen LogP contribution in [0, 0.1) is 0 Å². The number of nitrogens with one attached hydrogen (secondary N) is 1. The van der Waals surface area contributed by atoms with Crippen LogP contribution in [-0.2, 0) is 6.42 Å². The maximum atomic E-state index is 9.51. The van der Waals surface area contributed by atoms with E-state index < -0.39 is 0 Å². The van der Waals surface area contributed by atoms with Crippen molar-refractivity contribution in [3.8, 4) is 11.5 Å². The molecule has 0 bridgehead atoms. The van der Waals surface area contributed by atoms with Gasteiger partial charge in [-0.2, -0.15) is 0 Å². The summed E-state index contributed by atoms with van der Waals surface area (Å²) in [6.07, 6.45) is 0.881. The van der Waals surface area contributed by atoms with E-state index >= 15 is 0 Å². The molecular weight excluding hydrogens is 284 g/mol. The second-order valence-corrected chi connectivity index (χ2v) is 5.14. The summed E-state index contributed by atoms with van der Waals surface area (Å²) in [5.41, 5.74) is 1.03. The molecule has 1 saturated heterocycles. The van der Waals surface area contributed by atoms with E-state index in [0.29, 0.717) is 4.47 Å². The van der Waals surface area contributed by atoms with Crippen LogP contribution in [0.4, 0.5) is 0 Å². The molecule has 4 nitrogen and oxygen atoms in total. The lowest BCUT2D eigenvalue weighted by atomic mass is 10.1. The van der Waals surface area contributed by atoms with Crippen molar-refractivity contribution < 1.29 is 10.2 Å². The fraction of sp³-hybridized carbons (Fsp3) is 0.500. The van der Waals surface area contributed by atoms with E-state index in [9.17, 15) is 10.2 Å². The highest BCUT2D eigenvalue weighted by Gasteiger charge is 2.11. The number of hydrogen-bond donors (Lipinski definition) is 3. The van der Waals surface area contributed by atoms with Gasteiger partial charge in [-0.1, -0.05) is 0 Å². The Kier molecular flexibility index (Phi) is 4.25. The third-order valence-corrected chi connectivity index (χ3v) is 3.63. The molecule has 1 fully saturated rings. The van der Waals surface area contributed by atoms with Crippen LogP contribution < -0.4 is 5.32 Å². The van der Waals surface area contributed by atoms with Crippen molar-refractivity contribution in [1.29, 1.82) is 0 Å². The SMILES string of the molecule is Oc1cc(CCN2CCNCC2)cc(Br)c1O. The van der Waals surface area contributed by atoms with Crippen molar-refractivity contribution in [2.75, 3.05) is 32.7 Å². The largest absolute Gasteiger partial charge is 0.504 e. The first-order chi connectivity index (χ1) is 8.16. The van der Waals surface area contributed by atoms with E-state index in [1.54, 1.807) is 6.07 Å². The summed E-state index contributed by atoms with van der Waals surface area (Å²) < 4.78 is 0.549. The Labute approximate surface area is 109 Å². The molecule has 1 aliphatic rings. The van der Waals surface area contributed by atoms with Gasteiger partial charge >= 0.3 is 0 Å². The molecule has 0 radical (unpaired) electrons. The number of rotatable bonds is 3. The van der Waals surface area contributed by atoms with Crippen LogP contribution >= 0.6 is 15.9 Å². The van der Waals surface area contributed by atoms with Crippen molar-refractivity contribution in [3.63, 3.8) is 0 Å². The van der Waals surface area contributed by atoms with Crippen molar-refractivity contribution >= 4 is 15.9 Å². The first kappa shape index (κ1) is 12.7. The number of piperazine rings is 1. The fourth-order valence-electron chi connectivity index (χ4n) is 2.01. The van der Waals surface area contributed by atoms with Gasteiger partial charge in [-0.25, -0.2) is 0 Å². The number of nitrogens with zero attached hydrogens (tertiary/aromatic N) is 1. The van der Waals surface area contributed by atoms with E-state index in [2.05, 4.69) is 26.1 Å². The lowest BCUT2D eigenvalue weighted by molar-refractivity contribution is 0.244. The third kappa shape index (κ3) is 3.34. The summed E-state index contributed by atoms with van der Waals surface area (Å²) in [5, 5.41) is 22.3. The fourth-order valence-corrected chi connectivity index (χ4v) is 2.50. The molecule has 0 amide bonds. The zero-order valence-electron chi connectivity index (χ0n) is 9.62. The number of aromatic hydroxyl groups is 2. The van der Waals surface area contributed by atoms with Gasteiger partial charge in [0.2, 0.25) is 0 Å². The molecule has 94 valence electrons. The molecule has 1 aromatic carbocycles. The summed E-state index contributed by atoms with van der Waals surface area (Å²) in [6, 6.07) is 3.49. The van der Waals surface area contributed by atoms with Crippen molar-refractivity contribution in [3.05, 3.63) is 22.2 Å². The van der Waals surface area contributed by atoms with Crippen LogP contribution in [0.3, 0.4) is 0 Å². The summed E-state index contributed by atoms with van der Waals surface area (Å²) >= 11 is 3.23. The highest BCUT2D eigenvalue weighted by Crippen LogP contribution is 2.34. The van der Waals surface area contributed by atoms with E-state index in [0.717, 1.165) is 44.7 Å². The van der Waals surface area contributed by atoms with Gasteiger partial charge in [0.15, 0.2) is 11.5 Å². The maximum absolute atomic E-state index is 9.51. The van der Waals surface area contributed by atoms with Gasteiger partial charge in [0.25, 0.3) is 0 Å². The molecule has 17 heavy (non-hydrogen) atoms. The number of benzene rings is 1. The van der Waals surface area contributed by atoms with Crippen molar-refractivity contribution in [2.45, 2.75) is 6.42 Å². The zero-order valence-corrected chi connectivity index (χ0v) is 11.2. The van der Waals surface area contributed by atoms with Gasteiger partial charge in [-0.15, -0.1) is 0 Å². The lowest BCUT2D eigenvalue weighted by Crippen LogP contribution is -2.44. The number of hydrogen-bond acceptors (Lipinski definition) is 4. The van der Waals surface area contributed by atoms with Gasteiger partial charge in [0.05, 0.1) is 4.47 Å². The van der Waals surface area contributed by atoms with Crippen LogP contribution in [0.1, 0.15) is 5.56 Å². The number of phenolic OH excluding ortho intramolecular Hbond substituents is 2. The molecule has 0 aromatic heterocycles. The van der Waals surface area contributed by atoms with E-state index in [-0.39, 0.29) is 11.5 Å². The Morgan fingerprint density at radius 2 is 1.94 bits per heavy atom. The summed E-state index contributed by atoms with van der Waals surface area (Å²) in [7, 11) is 0. The monoisotopic (exact) mass is 300 g/mol. The highest BCUT2D eigenvalue weighted by atomic mass is 79.9. The summed E-state index contributed by atoms with van der Waals surface area (Å²) in [5.74, 6) is -0.148. The topological polar surface area (TPSA) is 55.7 Å². The molecule has 1 aliphatic heterocycles. The van der Waals surface area contributed by atoms with E-state index in [4.69, 9.17) is 0 Å². The smallest absolute Gasteiger partial charge is 0.171 e. The summed E-state index contributed by atoms with van der Waals surface area (Å²) in [4.78, 5) is 2.40. The van der Waals surface area contributed by atoms with Crippen LogP contribution in [0.2, 0.25) is 0 Å². The van der Waals surface area contributed by atoms with Gasteiger partial charge in [0, 0.05) is 32.7 Å². The predicted molar refractivity (Wildman–Crippen MR) is 70.5 cm³/mol. The molecule has 0 aliphatic carbocycles. The molecule has 1 aromatic rings. The second-order valence-electron chi connectivity index (χ2n) is 4.29. The molecule has 0 spiro atoms. The number of phenols is 2. The van der Waals surface area contributed by atoms with E-state index in [1.807, 2.05) is 6.07 Å². The first-order valence-corrected chi connectivity index (χ1v) is 6.59. The Hall–Kier alpha value is -0.780. The van der Waals surface area contributed by atoms with Gasteiger partial charge in [0.1, 0.15) is 0 Å². The Morgan fingerprint density at radius 1 is 1.24 bits per heavy atom. The van der Waals surface area contributed by atoms with Gasteiger partial charge < -0.3 is 20.4 Å². The van der Waals surface area contributed by atoms with Crippen molar-refractivity contribution in [2.24, 2.45) is 0 Å². The molecule has 3 N–H and O–H groups in total. The predicted octanol–water partition coefficient (Wildman–Crippen LogP) is 1.31. The molecule has 5 heteroatoms. The molecule has 1 heterocycles. The van der Waals surface area contributed by atoms with Crippen LogP contribution in [0.25, 0.3) is 0 Å². The normalized spacial score (nSPS) is 17.2. The van der Waals surface area contributed by atoms with Gasteiger partial charge in [-0.05, 0) is 40.0 Å². The molecule has 0 atom stereocenters. The molecule has 0 unspecified atom stereocenters.